The van der Waals surface area contributed by atoms with Crippen molar-refractivity contribution in [3.05, 3.63) is 211 Å². The molecule has 0 spiro atoms. The van der Waals surface area contributed by atoms with Crippen molar-refractivity contribution >= 4 is 27.8 Å². The normalized spacial score (nSPS) is 25.1. The standard InChI is InChI=1S/C52H46N2/c1-2-12-37(13-3-1)38-24-30-43(31-25-38)53(45-34-28-41(29-35-45)48-21-11-15-40-14-4-5-18-47(40)48)44-32-26-39(27-33-44)42-16-10-17-46(36-42)54-51-22-8-6-19-49(51)50-20-7-9-23-52(50)54/h1-12,14-15,17-26,28-32,34-37,39,42,44,49,51H,13,16,27,33H2. The van der Waals surface area contributed by atoms with Crippen LogP contribution < -0.4 is 9.80 Å². The highest BCUT2D eigenvalue weighted by molar-refractivity contribution is 5.96. The van der Waals surface area contributed by atoms with Gasteiger partial charge in [-0.2, -0.15) is 0 Å². The number of nitrogens with zero attached hydrogens (tertiary/aromatic N) is 2. The van der Waals surface area contributed by atoms with Gasteiger partial charge in [-0.05, 0) is 107 Å². The monoisotopic (exact) mass is 698 g/mol. The predicted octanol–water partition coefficient (Wildman–Crippen LogP) is 13.1. The number of benzene rings is 5. The van der Waals surface area contributed by atoms with Crippen LogP contribution in [0.15, 0.2) is 200 Å². The van der Waals surface area contributed by atoms with Gasteiger partial charge >= 0.3 is 0 Å². The highest BCUT2D eigenvalue weighted by Crippen LogP contribution is 2.47. The van der Waals surface area contributed by atoms with Crippen molar-refractivity contribution in [3.63, 3.8) is 0 Å². The van der Waals surface area contributed by atoms with Gasteiger partial charge < -0.3 is 9.80 Å². The molecule has 1 heterocycles. The van der Waals surface area contributed by atoms with Crippen molar-refractivity contribution in [1.82, 2.24) is 0 Å². The molecule has 54 heavy (non-hydrogen) atoms. The summed E-state index contributed by atoms with van der Waals surface area (Å²) in [5.41, 5.74) is 10.5. The van der Waals surface area contributed by atoms with Gasteiger partial charge in [0.15, 0.2) is 0 Å². The quantitative estimate of drug-likeness (QED) is 0.156. The molecule has 1 aliphatic heterocycles. The van der Waals surface area contributed by atoms with Crippen molar-refractivity contribution in [3.8, 4) is 11.1 Å². The van der Waals surface area contributed by atoms with E-state index < -0.39 is 0 Å². The molecule has 0 aromatic heterocycles. The maximum absolute atomic E-state index is 2.59. The molecular formula is C52H46N2. The second-order valence-electron chi connectivity index (χ2n) is 15.5. The lowest BCUT2D eigenvalue weighted by Crippen LogP contribution is -2.34. The smallest absolute Gasteiger partial charge is 0.0629 e. The van der Waals surface area contributed by atoms with Gasteiger partial charge in [0.05, 0.1) is 12.1 Å². The van der Waals surface area contributed by atoms with Crippen molar-refractivity contribution in [2.75, 3.05) is 9.80 Å². The highest BCUT2D eigenvalue weighted by Gasteiger charge is 2.38. The zero-order valence-electron chi connectivity index (χ0n) is 30.7. The number of fused-ring (bicyclic) bond motifs is 4. The molecule has 2 heteroatoms. The third-order valence-electron chi connectivity index (χ3n) is 12.4. The molecule has 4 aliphatic carbocycles. The van der Waals surface area contributed by atoms with Crippen LogP contribution in [0.25, 0.3) is 21.9 Å². The fraction of sp³-hybridized carbons (Fsp3) is 0.192. The summed E-state index contributed by atoms with van der Waals surface area (Å²) in [6.07, 6.45) is 35.0. The largest absolute Gasteiger partial charge is 0.335 e. The SMILES string of the molecule is C1=CCC(c2ccc(N(c3ccc(-c4cccc5ccccc45)cc3)C3C=CC(C4C=C(N5c6ccccc6C6C=CC=CC65)C=CC4)CC3)cc2)C=C1. The Balaban J connectivity index is 0.942. The second kappa shape index (κ2) is 14.2. The van der Waals surface area contributed by atoms with E-state index in [1.54, 1.807) is 0 Å². The zero-order valence-corrected chi connectivity index (χ0v) is 30.7. The van der Waals surface area contributed by atoms with E-state index in [1.165, 1.54) is 55.8 Å². The number of hydrogen-bond donors (Lipinski definition) is 0. The molecule has 6 atom stereocenters. The molecule has 0 saturated carbocycles. The fourth-order valence-electron chi connectivity index (χ4n) is 9.66. The summed E-state index contributed by atoms with van der Waals surface area (Å²) in [6.45, 7) is 0. The molecule has 0 fully saturated rings. The third kappa shape index (κ3) is 6.00. The topological polar surface area (TPSA) is 6.48 Å². The van der Waals surface area contributed by atoms with Gasteiger partial charge in [-0.1, -0.05) is 158 Å². The lowest BCUT2D eigenvalue weighted by molar-refractivity contribution is 0.404. The molecule has 6 unspecified atom stereocenters. The Labute approximate surface area is 320 Å². The Bertz CT molecular complexity index is 2380. The first-order valence-corrected chi connectivity index (χ1v) is 19.9. The van der Waals surface area contributed by atoms with Crippen LogP contribution in [0.3, 0.4) is 0 Å². The van der Waals surface area contributed by atoms with Crippen LogP contribution >= 0.6 is 0 Å². The van der Waals surface area contributed by atoms with Gasteiger partial charge in [-0.15, -0.1) is 0 Å². The van der Waals surface area contributed by atoms with Crippen LogP contribution in [0.4, 0.5) is 17.1 Å². The minimum absolute atomic E-state index is 0.279. The Morgan fingerprint density at radius 2 is 1.35 bits per heavy atom. The van der Waals surface area contributed by atoms with Gasteiger partial charge in [-0.3, -0.25) is 0 Å². The van der Waals surface area contributed by atoms with Crippen molar-refractivity contribution < 1.29 is 0 Å². The van der Waals surface area contributed by atoms with Crippen LogP contribution in [0.5, 0.6) is 0 Å². The molecule has 264 valence electrons. The summed E-state index contributed by atoms with van der Waals surface area (Å²) in [7, 11) is 0. The Kier molecular flexibility index (Phi) is 8.60. The van der Waals surface area contributed by atoms with Gasteiger partial charge in [0.2, 0.25) is 0 Å². The van der Waals surface area contributed by atoms with Crippen LogP contribution in [0, 0.1) is 11.8 Å². The van der Waals surface area contributed by atoms with Crippen LogP contribution in [0.2, 0.25) is 0 Å². The first-order valence-electron chi connectivity index (χ1n) is 19.9. The van der Waals surface area contributed by atoms with Crippen molar-refractivity contribution in [2.24, 2.45) is 11.8 Å². The summed E-state index contributed by atoms with van der Waals surface area (Å²) in [5.74, 6) is 1.86. The van der Waals surface area contributed by atoms with Crippen molar-refractivity contribution in [2.45, 2.75) is 49.6 Å². The Hall–Kier alpha value is -5.86. The molecule has 10 rings (SSSR count). The van der Waals surface area contributed by atoms with E-state index in [1.807, 2.05) is 0 Å². The van der Waals surface area contributed by atoms with E-state index in [0.29, 0.717) is 29.7 Å². The number of rotatable bonds is 7. The number of allylic oxidation sites excluding steroid dienone is 10. The first kappa shape index (κ1) is 32.8. The fourth-order valence-corrected chi connectivity index (χ4v) is 9.66. The lowest BCUT2D eigenvalue weighted by atomic mass is 9.79. The van der Waals surface area contributed by atoms with Crippen molar-refractivity contribution in [1.29, 1.82) is 0 Å². The molecule has 5 aromatic carbocycles. The molecule has 2 nitrogen and oxygen atoms in total. The molecular weight excluding hydrogens is 653 g/mol. The summed E-state index contributed by atoms with van der Waals surface area (Å²) < 4.78 is 0. The second-order valence-corrected chi connectivity index (χ2v) is 15.5. The minimum Gasteiger partial charge on any atom is -0.335 e. The Morgan fingerprint density at radius 3 is 2.19 bits per heavy atom. The molecule has 0 saturated heterocycles. The summed E-state index contributed by atoms with van der Waals surface area (Å²) in [6, 6.07) is 43.6. The molecule has 5 aromatic rings. The molecule has 0 bridgehead atoms. The molecule has 0 N–H and O–H groups in total. The number of para-hydroxylation sites is 1. The van der Waals surface area contributed by atoms with Crippen LogP contribution in [-0.4, -0.2) is 12.1 Å². The minimum atomic E-state index is 0.279. The van der Waals surface area contributed by atoms with E-state index >= 15 is 0 Å². The van der Waals surface area contributed by atoms with E-state index in [0.717, 1.165) is 25.7 Å². The maximum Gasteiger partial charge on any atom is 0.0629 e. The van der Waals surface area contributed by atoms with Gasteiger partial charge in [-0.25, -0.2) is 0 Å². The van der Waals surface area contributed by atoms with E-state index in [4.69, 9.17) is 0 Å². The lowest BCUT2D eigenvalue weighted by Gasteiger charge is -2.38. The van der Waals surface area contributed by atoms with Gasteiger partial charge in [0.1, 0.15) is 0 Å². The summed E-state index contributed by atoms with van der Waals surface area (Å²) >= 11 is 0. The van der Waals surface area contributed by atoms with E-state index in [-0.39, 0.29) is 6.04 Å². The van der Waals surface area contributed by atoms with Crippen LogP contribution in [0.1, 0.15) is 48.6 Å². The molecule has 0 radical (unpaired) electrons. The summed E-state index contributed by atoms with van der Waals surface area (Å²) in [4.78, 5) is 5.16. The number of anilines is 3. The maximum atomic E-state index is 2.59. The van der Waals surface area contributed by atoms with E-state index in [9.17, 15) is 0 Å². The van der Waals surface area contributed by atoms with E-state index in [2.05, 4.69) is 204 Å². The van der Waals surface area contributed by atoms with Gasteiger partial charge in [0, 0.05) is 34.6 Å². The summed E-state index contributed by atoms with van der Waals surface area (Å²) in [5, 5.41) is 2.57. The average Bonchev–Trinajstić information content (AvgIpc) is 3.59. The predicted molar refractivity (Wildman–Crippen MR) is 228 cm³/mol. The molecule has 0 amide bonds. The highest BCUT2D eigenvalue weighted by atomic mass is 15.2. The molecule has 5 aliphatic rings. The Morgan fingerprint density at radius 1 is 0.574 bits per heavy atom. The van der Waals surface area contributed by atoms with Gasteiger partial charge in [0.25, 0.3) is 0 Å². The number of hydrogen-bond acceptors (Lipinski definition) is 2. The first-order chi connectivity index (χ1) is 26.8. The third-order valence-corrected chi connectivity index (χ3v) is 12.4. The average molecular weight is 699 g/mol. The van der Waals surface area contributed by atoms with Crippen LogP contribution in [-0.2, 0) is 0 Å². The zero-order chi connectivity index (χ0) is 35.8.